The molecule has 5 nitrogen and oxygen atoms in total. The highest BCUT2D eigenvalue weighted by Crippen LogP contribution is 2.29. The zero-order chi connectivity index (χ0) is 19.5. The zero-order valence-corrected chi connectivity index (χ0v) is 15.8. The largest absolute Gasteiger partial charge is 0.380 e. The maximum absolute atomic E-state index is 12.9. The number of aryl methyl sites for hydroxylation is 1. The van der Waals surface area contributed by atoms with Gasteiger partial charge in [0, 0.05) is 24.4 Å². The number of carbonyl (C=O) groups is 1. The van der Waals surface area contributed by atoms with Crippen molar-refractivity contribution in [1.29, 1.82) is 0 Å². The van der Waals surface area contributed by atoms with Crippen molar-refractivity contribution >= 4 is 17.4 Å². The van der Waals surface area contributed by atoms with Crippen molar-refractivity contribution in [2.24, 2.45) is 0 Å². The van der Waals surface area contributed by atoms with Gasteiger partial charge in [-0.25, -0.2) is 4.98 Å². The van der Waals surface area contributed by atoms with E-state index in [2.05, 4.69) is 5.32 Å². The van der Waals surface area contributed by atoms with E-state index in [-0.39, 0.29) is 5.91 Å². The van der Waals surface area contributed by atoms with Gasteiger partial charge in [-0.15, -0.1) is 0 Å². The molecule has 4 rings (SSSR count). The first-order chi connectivity index (χ1) is 13.7. The van der Waals surface area contributed by atoms with Gasteiger partial charge in [-0.3, -0.25) is 9.20 Å². The number of nitrogens with one attached hydrogen (secondary N) is 1. The Balaban J connectivity index is 1.74. The van der Waals surface area contributed by atoms with Crippen LogP contribution in [0.3, 0.4) is 0 Å². The summed E-state index contributed by atoms with van der Waals surface area (Å²) in [5.74, 6) is 0.486. The van der Waals surface area contributed by atoms with E-state index in [1.807, 2.05) is 72.1 Å². The van der Waals surface area contributed by atoms with Crippen LogP contribution in [0.4, 0.5) is 5.82 Å². The number of anilines is 1. The molecule has 1 amide bonds. The van der Waals surface area contributed by atoms with Crippen molar-refractivity contribution in [1.82, 2.24) is 9.38 Å². The lowest BCUT2D eigenvalue weighted by molar-refractivity contribution is 0.102. The predicted molar refractivity (Wildman–Crippen MR) is 110 cm³/mol. The number of pyridine rings is 1. The number of rotatable bonds is 5. The van der Waals surface area contributed by atoms with Crippen molar-refractivity contribution in [3.63, 3.8) is 0 Å². The second-order valence-electron chi connectivity index (χ2n) is 6.69. The maximum atomic E-state index is 12.9. The lowest BCUT2D eigenvalue weighted by Crippen LogP contribution is -2.14. The highest BCUT2D eigenvalue weighted by Gasteiger charge is 2.17. The Morgan fingerprint density at radius 2 is 1.79 bits per heavy atom. The number of amides is 1. The first kappa shape index (κ1) is 17.9. The molecule has 2 heterocycles. The van der Waals surface area contributed by atoms with Crippen LogP contribution in [0.5, 0.6) is 0 Å². The fourth-order valence-corrected chi connectivity index (χ4v) is 3.17. The third-order valence-electron chi connectivity index (χ3n) is 4.57. The Hall–Kier alpha value is -3.44. The Labute approximate surface area is 163 Å². The summed E-state index contributed by atoms with van der Waals surface area (Å²) in [5.41, 5.74) is 5.18. The number of ether oxygens (including phenoxy) is 1. The van der Waals surface area contributed by atoms with Crippen LogP contribution >= 0.6 is 0 Å². The van der Waals surface area contributed by atoms with Gasteiger partial charge in [-0.1, -0.05) is 48.5 Å². The van der Waals surface area contributed by atoms with Gasteiger partial charge >= 0.3 is 0 Å². The quantitative estimate of drug-likeness (QED) is 0.553. The molecule has 0 aliphatic rings. The summed E-state index contributed by atoms with van der Waals surface area (Å²) >= 11 is 0. The average Bonchev–Trinajstić information content (AvgIpc) is 3.07. The van der Waals surface area contributed by atoms with Crippen LogP contribution in [0.2, 0.25) is 0 Å². The van der Waals surface area contributed by atoms with Crippen LogP contribution in [0.15, 0.2) is 72.9 Å². The molecule has 0 fully saturated rings. The summed E-state index contributed by atoms with van der Waals surface area (Å²) in [5, 5.41) is 3.06. The summed E-state index contributed by atoms with van der Waals surface area (Å²) in [6.07, 6.45) is 1.98. The molecule has 2 aromatic carbocycles. The van der Waals surface area contributed by atoms with E-state index in [4.69, 9.17) is 9.72 Å². The van der Waals surface area contributed by atoms with Crippen LogP contribution in [0.1, 0.15) is 21.5 Å². The molecule has 4 aromatic rings. The number of hydrogen-bond acceptors (Lipinski definition) is 3. The Bertz CT molecular complexity index is 1120. The van der Waals surface area contributed by atoms with Crippen LogP contribution in [0, 0.1) is 6.92 Å². The number of hydrogen-bond donors (Lipinski definition) is 1. The molecule has 0 unspecified atom stereocenters. The smallest absolute Gasteiger partial charge is 0.256 e. The standard InChI is InChI=1S/C23H21N3O2/c1-16-8-13-20-24-21(18-6-4-3-5-7-18)22(26(20)14-16)25-23(27)19-11-9-17(10-12-19)15-28-2/h3-14H,15H2,1-2H3,(H,25,27). The second-order valence-corrected chi connectivity index (χ2v) is 6.69. The number of aromatic nitrogens is 2. The summed E-state index contributed by atoms with van der Waals surface area (Å²) < 4.78 is 7.05. The minimum Gasteiger partial charge on any atom is -0.380 e. The number of imidazole rings is 1. The number of nitrogens with zero attached hydrogens (tertiary/aromatic N) is 2. The molecule has 0 radical (unpaired) electrons. The van der Waals surface area contributed by atoms with Gasteiger partial charge in [0.1, 0.15) is 17.2 Å². The van der Waals surface area contributed by atoms with Gasteiger partial charge < -0.3 is 10.1 Å². The molecule has 0 saturated carbocycles. The van der Waals surface area contributed by atoms with Gasteiger partial charge in [0.2, 0.25) is 0 Å². The van der Waals surface area contributed by atoms with E-state index >= 15 is 0 Å². The molecule has 0 spiro atoms. The summed E-state index contributed by atoms with van der Waals surface area (Å²) in [4.78, 5) is 17.7. The molecule has 0 bridgehead atoms. The van der Waals surface area contributed by atoms with E-state index in [9.17, 15) is 4.79 Å². The number of benzene rings is 2. The van der Waals surface area contributed by atoms with Crippen molar-refractivity contribution in [3.05, 3.63) is 89.6 Å². The fraction of sp³-hybridized carbons (Fsp3) is 0.130. The second kappa shape index (κ2) is 7.66. The fourth-order valence-electron chi connectivity index (χ4n) is 3.17. The first-order valence-electron chi connectivity index (χ1n) is 9.09. The molecule has 0 aliphatic heterocycles. The van der Waals surface area contributed by atoms with E-state index in [0.29, 0.717) is 18.0 Å². The normalized spacial score (nSPS) is 10.9. The van der Waals surface area contributed by atoms with Crippen LogP contribution in [-0.4, -0.2) is 22.4 Å². The van der Waals surface area contributed by atoms with Crippen molar-refractivity contribution < 1.29 is 9.53 Å². The lowest BCUT2D eigenvalue weighted by Gasteiger charge is -2.09. The molecule has 140 valence electrons. The Kier molecular flexibility index (Phi) is 4.91. The van der Waals surface area contributed by atoms with Crippen LogP contribution < -0.4 is 5.32 Å². The average molecular weight is 371 g/mol. The van der Waals surface area contributed by atoms with E-state index in [1.165, 1.54) is 0 Å². The molecule has 0 atom stereocenters. The van der Waals surface area contributed by atoms with Crippen molar-refractivity contribution in [2.75, 3.05) is 12.4 Å². The van der Waals surface area contributed by atoms with Gasteiger partial charge in [-0.05, 0) is 36.2 Å². The van der Waals surface area contributed by atoms with Crippen LogP contribution in [-0.2, 0) is 11.3 Å². The van der Waals surface area contributed by atoms with E-state index < -0.39 is 0 Å². The lowest BCUT2D eigenvalue weighted by atomic mass is 10.1. The molecular weight excluding hydrogens is 350 g/mol. The SMILES string of the molecule is COCc1ccc(C(=O)Nc2c(-c3ccccc3)nc3ccc(C)cn23)cc1. The highest BCUT2D eigenvalue weighted by atomic mass is 16.5. The van der Waals surface area contributed by atoms with Crippen LogP contribution in [0.25, 0.3) is 16.9 Å². The minimum absolute atomic E-state index is 0.176. The van der Waals surface area contributed by atoms with Gasteiger partial charge in [0.25, 0.3) is 5.91 Å². The monoisotopic (exact) mass is 371 g/mol. The van der Waals surface area contributed by atoms with Gasteiger partial charge in [0.05, 0.1) is 6.61 Å². The predicted octanol–water partition coefficient (Wildman–Crippen LogP) is 4.71. The highest BCUT2D eigenvalue weighted by molar-refractivity contribution is 6.05. The third-order valence-corrected chi connectivity index (χ3v) is 4.57. The van der Waals surface area contributed by atoms with Crippen molar-refractivity contribution in [2.45, 2.75) is 13.5 Å². The molecular formula is C23H21N3O2. The summed E-state index contributed by atoms with van der Waals surface area (Å²) in [6, 6.07) is 21.2. The number of fused-ring (bicyclic) bond motifs is 1. The maximum Gasteiger partial charge on any atom is 0.256 e. The Morgan fingerprint density at radius 1 is 1.04 bits per heavy atom. The van der Waals surface area contributed by atoms with Gasteiger partial charge in [-0.2, -0.15) is 0 Å². The molecule has 0 aliphatic carbocycles. The molecule has 2 aromatic heterocycles. The zero-order valence-electron chi connectivity index (χ0n) is 15.8. The summed E-state index contributed by atoms with van der Waals surface area (Å²) in [6.45, 7) is 2.54. The van der Waals surface area contributed by atoms with Gasteiger partial charge in [0.15, 0.2) is 0 Å². The third kappa shape index (κ3) is 3.52. The minimum atomic E-state index is -0.176. The van der Waals surface area contributed by atoms with E-state index in [1.54, 1.807) is 19.2 Å². The molecule has 0 saturated heterocycles. The number of carbonyl (C=O) groups excluding carboxylic acids is 1. The topological polar surface area (TPSA) is 55.6 Å². The molecule has 28 heavy (non-hydrogen) atoms. The Morgan fingerprint density at radius 3 is 2.50 bits per heavy atom. The molecule has 1 N–H and O–H groups in total. The summed E-state index contributed by atoms with van der Waals surface area (Å²) in [7, 11) is 1.65. The van der Waals surface area contributed by atoms with E-state index in [0.717, 1.165) is 28.0 Å². The first-order valence-corrected chi connectivity index (χ1v) is 9.09. The number of methoxy groups -OCH3 is 1. The van der Waals surface area contributed by atoms with Crippen molar-refractivity contribution in [3.8, 4) is 11.3 Å². The molecule has 5 heteroatoms.